The highest BCUT2D eigenvalue weighted by molar-refractivity contribution is 9.10. The Balaban J connectivity index is 1.68. The molecular weight excluding hydrogens is 403 g/mol. The molecule has 0 aliphatic rings. The van der Waals surface area contributed by atoms with E-state index in [-0.39, 0.29) is 24.8 Å². The van der Waals surface area contributed by atoms with E-state index in [1.807, 2.05) is 24.3 Å². The van der Waals surface area contributed by atoms with Crippen molar-refractivity contribution in [3.8, 4) is 5.75 Å². The molecule has 138 valence electrons. The van der Waals surface area contributed by atoms with Crippen LogP contribution in [-0.4, -0.2) is 36.9 Å². The van der Waals surface area contributed by atoms with Gasteiger partial charge in [-0.3, -0.25) is 9.59 Å². The van der Waals surface area contributed by atoms with Crippen molar-refractivity contribution in [2.24, 2.45) is 0 Å². The molecular formula is C19H20BrFN2O3. The first-order chi connectivity index (χ1) is 12.4. The molecule has 2 rings (SSSR count). The standard InChI is InChI=1S/C19H20BrFN2O3/c1-23(13-18(24)22-16-5-2-4-15(21)12-16)19(25)6-3-11-26-17-9-7-14(20)8-10-17/h2,4-5,7-10,12H,3,6,11,13H2,1H3,(H,22,24). The summed E-state index contributed by atoms with van der Waals surface area (Å²) in [4.78, 5) is 25.3. The molecule has 0 heterocycles. The van der Waals surface area contributed by atoms with Crippen LogP contribution < -0.4 is 10.1 Å². The summed E-state index contributed by atoms with van der Waals surface area (Å²) in [7, 11) is 1.56. The van der Waals surface area contributed by atoms with Gasteiger partial charge in [-0.1, -0.05) is 22.0 Å². The molecule has 26 heavy (non-hydrogen) atoms. The lowest BCUT2D eigenvalue weighted by Gasteiger charge is -2.17. The highest BCUT2D eigenvalue weighted by atomic mass is 79.9. The smallest absolute Gasteiger partial charge is 0.243 e. The van der Waals surface area contributed by atoms with Crippen LogP contribution in [0.2, 0.25) is 0 Å². The molecule has 0 atom stereocenters. The number of anilines is 1. The second-order valence-electron chi connectivity index (χ2n) is 5.71. The van der Waals surface area contributed by atoms with Crippen LogP contribution in [-0.2, 0) is 9.59 Å². The van der Waals surface area contributed by atoms with Crippen molar-refractivity contribution in [3.05, 3.63) is 58.8 Å². The van der Waals surface area contributed by atoms with Gasteiger partial charge in [-0.2, -0.15) is 0 Å². The third-order valence-corrected chi connectivity index (χ3v) is 4.06. The van der Waals surface area contributed by atoms with Gasteiger partial charge in [0.05, 0.1) is 13.2 Å². The third-order valence-electron chi connectivity index (χ3n) is 3.53. The lowest BCUT2D eigenvalue weighted by atomic mass is 10.3. The van der Waals surface area contributed by atoms with Crippen LogP contribution in [0.3, 0.4) is 0 Å². The minimum atomic E-state index is -0.432. The zero-order valence-electron chi connectivity index (χ0n) is 14.4. The fourth-order valence-electron chi connectivity index (χ4n) is 2.21. The maximum absolute atomic E-state index is 13.1. The van der Waals surface area contributed by atoms with E-state index in [9.17, 15) is 14.0 Å². The number of benzene rings is 2. The summed E-state index contributed by atoms with van der Waals surface area (Å²) in [5, 5.41) is 2.56. The van der Waals surface area contributed by atoms with Crippen molar-refractivity contribution in [2.75, 3.05) is 25.5 Å². The average Bonchev–Trinajstić information content (AvgIpc) is 2.60. The van der Waals surface area contributed by atoms with Gasteiger partial charge in [0.1, 0.15) is 11.6 Å². The van der Waals surface area contributed by atoms with E-state index in [0.29, 0.717) is 18.7 Å². The number of likely N-dealkylation sites (N-methyl/N-ethyl adjacent to an activating group) is 1. The van der Waals surface area contributed by atoms with Crippen molar-refractivity contribution in [2.45, 2.75) is 12.8 Å². The Morgan fingerprint density at radius 2 is 1.92 bits per heavy atom. The topological polar surface area (TPSA) is 58.6 Å². The quantitative estimate of drug-likeness (QED) is 0.657. The van der Waals surface area contributed by atoms with E-state index >= 15 is 0 Å². The number of rotatable bonds is 8. The van der Waals surface area contributed by atoms with E-state index < -0.39 is 5.82 Å². The second-order valence-corrected chi connectivity index (χ2v) is 6.63. The predicted molar refractivity (Wildman–Crippen MR) is 102 cm³/mol. The molecule has 2 amide bonds. The van der Waals surface area contributed by atoms with Crippen molar-refractivity contribution in [1.29, 1.82) is 0 Å². The van der Waals surface area contributed by atoms with Crippen molar-refractivity contribution in [1.82, 2.24) is 4.90 Å². The number of hydrogen-bond donors (Lipinski definition) is 1. The minimum Gasteiger partial charge on any atom is -0.494 e. The normalized spacial score (nSPS) is 10.3. The van der Waals surface area contributed by atoms with Crippen LogP contribution in [0, 0.1) is 5.82 Å². The summed E-state index contributed by atoms with van der Waals surface area (Å²) < 4.78 is 19.6. The highest BCUT2D eigenvalue weighted by Gasteiger charge is 2.13. The lowest BCUT2D eigenvalue weighted by Crippen LogP contribution is -2.35. The van der Waals surface area contributed by atoms with Crippen molar-refractivity contribution >= 4 is 33.4 Å². The number of nitrogens with one attached hydrogen (secondary N) is 1. The average molecular weight is 423 g/mol. The van der Waals surface area contributed by atoms with Crippen molar-refractivity contribution < 1.29 is 18.7 Å². The molecule has 1 N–H and O–H groups in total. The van der Waals surface area contributed by atoms with Crippen molar-refractivity contribution in [3.63, 3.8) is 0 Å². The Hall–Kier alpha value is -2.41. The Kier molecular flexibility index (Phi) is 7.59. The minimum absolute atomic E-state index is 0.0943. The summed E-state index contributed by atoms with van der Waals surface area (Å²) in [5.41, 5.74) is 0.360. The van der Waals surface area contributed by atoms with Gasteiger partial charge in [-0.25, -0.2) is 4.39 Å². The molecule has 0 radical (unpaired) electrons. The number of nitrogens with zero attached hydrogens (tertiary/aromatic N) is 1. The van der Waals surface area contributed by atoms with Gasteiger partial charge in [0, 0.05) is 23.6 Å². The lowest BCUT2D eigenvalue weighted by molar-refractivity contribution is -0.133. The molecule has 2 aromatic rings. The molecule has 5 nitrogen and oxygen atoms in total. The maximum Gasteiger partial charge on any atom is 0.243 e. The molecule has 0 aliphatic carbocycles. The SMILES string of the molecule is CN(CC(=O)Nc1cccc(F)c1)C(=O)CCCOc1ccc(Br)cc1. The Morgan fingerprint density at radius 3 is 2.62 bits per heavy atom. The molecule has 0 saturated heterocycles. The maximum atomic E-state index is 13.1. The fourth-order valence-corrected chi connectivity index (χ4v) is 2.47. The van der Waals surface area contributed by atoms with Crippen LogP contribution in [0.15, 0.2) is 53.0 Å². The van der Waals surface area contributed by atoms with E-state index in [0.717, 1.165) is 10.2 Å². The van der Waals surface area contributed by atoms with Gasteiger partial charge in [0.25, 0.3) is 0 Å². The first-order valence-corrected chi connectivity index (χ1v) is 8.91. The van der Waals surface area contributed by atoms with Crippen LogP contribution >= 0.6 is 15.9 Å². The Morgan fingerprint density at radius 1 is 1.19 bits per heavy atom. The first-order valence-electron chi connectivity index (χ1n) is 8.12. The van der Waals surface area contributed by atoms with Gasteiger partial charge in [-0.15, -0.1) is 0 Å². The van der Waals surface area contributed by atoms with E-state index in [1.165, 1.54) is 23.1 Å². The number of carbonyl (C=O) groups is 2. The summed E-state index contributed by atoms with van der Waals surface area (Å²) in [6, 6.07) is 13.1. The molecule has 0 saturated carbocycles. The summed E-state index contributed by atoms with van der Waals surface area (Å²) >= 11 is 3.35. The summed E-state index contributed by atoms with van der Waals surface area (Å²) in [6.45, 7) is 0.319. The number of hydrogen-bond acceptors (Lipinski definition) is 3. The van der Waals surface area contributed by atoms with Crippen LogP contribution in [0.1, 0.15) is 12.8 Å². The van der Waals surface area contributed by atoms with Gasteiger partial charge >= 0.3 is 0 Å². The zero-order chi connectivity index (χ0) is 18.9. The molecule has 0 spiro atoms. The number of amides is 2. The Bertz CT molecular complexity index is 753. The molecule has 0 fully saturated rings. The first kappa shape index (κ1) is 19.9. The Labute approximate surface area is 160 Å². The van der Waals surface area contributed by atoms with Gasteiger partial charge in [0.2, 0.25) is 11.8 Å². The van der Waals surface area contributed by atoms with Crippen LogP contribution in [0.5, 0.6) is 5.75 Å². The molecule has 7 heteroatoms. The zero-order valence-corrected chi connectivity index (χ0v) is 16.0. The van der Waals surface area contributed by atoms with Gasteiger partial charge in [-0.05, 0) is 48.9 Å². The monoisotopic (exact) mass is 422 g/mol. The van der Waals surface area contributed by atoms with Gasteiger partial charge in [0.15, 0.2) is 0 Å². The molecule has 0 unspecified atom stereocenters. The van der Waals surface area contributed by atoms with Gasteiger partial charge < -0.3 is 15.0 Å². The molecule has 0 aliphatic heterocycles. The molecule has 0 aromatic heterocycles. The number of halogens is 2. The summed E-state index contributed by atoms with van der Waals surface area (Å²) in [6.07, 6.45) is 0.824. The fraction of sp³-hybridized carbons (Fsp3) is 0.263. The second kappa shape index (κ2) is 9.91. The van der Waals surface area contributed by atoms with Crippen LogP contribution in [0.25, 0.3) is 0 Å². The van der Waals surface area contributed by atoms with E-state index in [2.05, 4.69) is 21.2 Å². The third kappa shape index (κ3) is 6.84. The molecule has 0 bridgehead atoms. The van der Waals surface area contributed by atoms with Crippen LogP contribution in [0.4, 0.5) is 10.1 Å². The largest absolute Gasteiger partial charge is 0.494 e. The van der Waals surface area contributed by atoms with E-state index in [1.54, 1.807) is 13.1 Å². The summed E-state index contributed by atoms with van der Waals surface area (Å²) in [5.74, 6) is -0.224. The molecule has 2 aromatic carbocycles. The highest BCUT2D eigenvalue weighted by Crippen LogP contribution is 2.16. The predicted octanol–water partition coefficient (Wildman–Crippen LogP) is 3.84. The number of ether oxygens (including phenoxy) is 1. The van der Waals surface area contributed by atoms with E-state index in [4.69, 9.17) is 4.74 Å². The number of carbonyl (C=O) groups excluding carboxylic acids is 2.